The molecule has 0 saturated heterocycles. The number of rotatable bonds is 4. The summed E-state index contributed by atoms with van der Waals surface area (Å²) in [4.78, 5) is 11.2. The van der Waals surface area contributed by atoms with Gasteiger partial charge in [0, 0.05) is 5.56 Å². The zero-order valence-corrected chi connectivity index (χ0v) is 9.97. The Kier molecular flexibility index (Phi) is 4.15. The maximum atomic E-state index is 11.2. The van der Waals surface area contributed by atoms with Crippen LogP contribution < -0.4 is 4.74 Å². The fourth-order valence-corrected chi connectivity index (χ4v) is 1.59. The molecule has 0 aliphatic rings. The summed E-state index contributed by atoms with van der Waals surface area (Å²) in [6, 6.07) is 5.76. The van der Waals surface area contributed by atoms with E-state index in [0.29, 0.717) is 5.75 Å². The van der Waals surface area contributed by atoms with Crippen LogP contribution in [0, 0.1) is 0 Å². The van der Waals surface area contributed by atoms with Crippen LogP contribution in [0.25, 0.3) is 0 Å². The van der Waals surface area contributed by atoms with Gasteiger partial charge in [0.2, 0.25) is 0 Å². The van der Waals surface area contributed by atoms with Gasteiger partial charge in [-0.3, -0.25) is 4.79 Å². The van der Waals surface area contributed by atoms with Gasteiger partial charge in [-0.2, -0.15) is 0 Å². The van der Waals surface area contributed by atoms with E-state index in [-0.39, 0.29) is 5.78 Å². The summed E-state index contributed by atoms with van der Waals surface area (Å²) in [5.41, 5.74) is 1.91. The molecule has 2 nitrogen and oxygen atoms in total. The molecule has 82 valence electrons. The minimum absolute atomic E-state index is 0.0665. The predicted molar refractivity (Wildman–Crippen MR) is 61.6 cm³/mol. The number of carbonyl (C=O) groups excluding carboxylic acids is 1. The number of ketones is 1. The van der Waals surface area contributed by atoms with Crippen molar-refractivity contribution in [1.82, 2.24) is 0 Å². The van der Waals surface area contributed by atoms with E-state index in [1.54, 1.807) is 7.11 Å². The zero-order valence-electron chi connectivity index (χ0n) is 9.21. The number of benzene rings is 1. The second kappa shape index (κ2) is 5.17. The first-order valence-electron chi connectivity index (χ1n) is 4.91. The van der Waals surface area contributed by atoms with Crippen LogP contribution in [0.4, 0.5) is 0 Å². The second-order valence-electron chi connectivity index (χ2n) is 3.40. The SMILES string of the molecule is CCc1ccc(OC)c(C(Cl)C(C)=O)c1. The normalized spacial score (nSPS) is 12.3. The van der Waals surface area contributed by atoms with E-state index in [1.165, 1.54) is 6.92 Å². The third-order valence-electron chi connectivity index (χ3n) is 2.33. The Morgan fingerprint density at radius 2 is 2.20 bits per heavy atom. The van der Waals surface area contributed by atoms with Crippen molar-refractivity contribution in [2.45, 2.75) is 25.6 Å². The van der Waals surface area contributed by atoms with Gasteiger partial charge in [-0.1, -0.05) is 19.1 Å². The molecule has 1 aromatic carbocycles. The summed E-state index contributed by atoms with van der Waals surface area (Å²) < 4.78 is 5.18. The highest BCUT2D eigenvalue weighted by Crippen LogP contribution is 2.31. The molecular formula is C12H15ClO2. The Hall–Kier alpha value is -1.02. The number of methoxy groups -OCH3 is 1. The fraction of sp³-hybridized carbons (Fsp3) is 0.417. The molecule has 3 heteroatoms. The van der Waals surface area contributed by atoms with E-state index in [0.717, 1.165) is 17.5 Å². The first kappa shape index (κ1) is 12.1. The van der Waals surface area contributed by atoms with Crippen molar-refractivity contribution in [2.24, 2.45) is 0 Å². The summed E-state index contributed by atoms with van der Waals surface area (Å²) in [5.74, 6) is 0.602. The standard InChI is InChI=1S/C12H15ClO2/c1-4-9-5-6-11(15-3)10(7-9)12(13)8(2)14/h5-7,12H,4H2,1-3H3. The van der Waals surface area contributed by atoms with Gasteiger partial charge in [-0.15, -0.1) is 11.6 Å². The molecule has 0 heterocycles. The Balaban J connectivity index is 3.16. The molecular weight excluding hydrogens is 212 g/mol. The molecule has 1 aromatic rings. The average molecular weight is 227 g/mol. The third kappa shape index (κ3) is 2.72. The molecule has 0 aliphatic carbocycles. The second-order valence-corrected chi connectivity index (χ2v) is 3.84. The molecule has 0 amide bonds. The number of ether oxygens (including phenoxy) is 1. The minimum atomic E-state index is -0.619. The molecule has 0 bridgehead atoms. The Morgan fingerprint density at radius 1 is 1.53 bits per heavy atom. The summed E-state index contributed by atoms with van der Waals surface area (Å²) in [7, 11) is 1.58. The lowest BCUT2D eigenvalue weighted by molar-refractivity contribution is -0.116. The molecule has 0 spiro atoms. The summed E-state index contributed by atoms with van der Waals surface area (Å²) in [5, 5.41) is -0.619. The number of Topliss-reactive ketones (excluding diaryl/α,β-unsaturated/α-hetero) is 1. The first-order chi connectivity index (χ1) is 7.10. The van der Waals surface area contributed by atoms with Crippen LogP contribution in [0.3, 0.4) is 0 Å². The Labute approximate surface area is 95.2 Å². The predicted octanol–water partition coefficient (Wildman–Crippen LogP) is 3.13. The highest BCUT2D eigenvalue weighted by atomic mass is 35.5. The van der Waals surface area contributed by atoms with E-state index in [2.05, 4.69) is 6.92 Å². The van der Waals surface area contributed by atoms with Crippen LogP contribution >= 0.6 is 11.6 Å². The van der Waals surface area contributed by atoms with Gasteiger partial charge >= 0.3 is 0 Å². The van der Waals surface area contributed by atoms with Gasteiger partial charge in [-0.05, 0) is 25.0 Å². The van der Waals surface area contributed by atoms with Gasteiger partial charge in [0.25, 0.3) is 0 Å². The molecule has 1 rings (SSSR count). The summed E-state index contributed by atoms with van der Waals surface area (Å²) >= 11 is 6.02. The first-order valence-corrected chi connectivity index (χ1v) is 5.35. The lowest BCUT2D eigenvalue weighted by Gasteiger charge is -2.12. The van der Waals surface area contributed by atoms with Crippen molar-refractivity contribution in [3.8, 4) is 5.75 Å². The highest BCUT2D eigenvalue weighted by Gasteiger charge is 2.17. The number of hydrogen-bond donors (Lipinski definition) is 0. The average Bonchev–Trinajstić information content (AvgIpc) is 2.27. The largest absolute Gasteiger partial charge is 0.496 e. The van der Waals surface area contributed by atoms with Gasteiger partial charge in [0.15, 0.2) is 5.78 Å². The van der Waals surface area contributed by atoms with E-state index in [9.17, 15) is 4.79 Å². The van der Waals surface area contributed by atoms with Crippen molar-refractivity contribution in [1.29, 1.82) is 0 Å². The van der Waals surface area contributed by atoms with Crippen molar-refractivity contribution >= 4 is 17.4 Å². The molecule has 0 saturated carbocycles. The quantitative estimate of drug-likeness (QED) is 0.738. The van der Waals surface area contributed by atoms with E-state index in [4.69, 9.17) is 16.3 Å². The maximum Gasteiger partial charge on any atom is 0.152 e. The van der Waals surface area contributed by atoms with Gasteiger partial charge in [0.1, 0.15) is 11.1 Å². The maximum absolute atomic E-state index is 11.2. The number of hydrogen-bond acceptors (Lipinski definition) is 2. The summed E-state index contributed by atoms with van der Waals surface area (Å²) in [6.45, 7) is 3.54. The summed E-state index contributed by atoms with van der Waals surface area (Å²) in [6.07, 6.45) is 0.915. The van der Waals surface area contributed by atoms with E-state index in [1.807, 2.05) is 18.2 Å². The molecule has 1 unspecified atom stereocenters. The van der Waals surface area contributed by atoms with Crippen LogP contribution in [0.15, 0.2) is 18.2 Å². The topological polar surface area (TPSA) is 26.3 Å². The van der Waals surface area contributed by atoms with Crippen LogP contribution in [-0.2, 0) is 11.2 Å². The molecule has 15 heavy (non-hydrogen) atoms. The number of aryl methyl sites for hydroxylation is 1. The Morgan fingerprint density at radius 3 is 2.67 bits per heavy atom. The van der Waals surface area contributed by atoms with Gasteiger partial charge in [0.05, 0.1) is 7.11 Å². The number of halogens is 1. The zero-order chi connectivity index (χ0) is 11.4. The van der Waals surface area contributed by atoms with Crippen LogP contribution in [0.2, 0.25) is 0 Å². The van der Waals surface area contributed by atoms with E-state index < -0.39 is 5.38 Å². The van der Waals surface area contributed by atoms with Gasteiger partial charge in [-0.25, -0.2) is 0 Å². The van der Waals surface area contributed by atoms with E-state index >= 15 is 0 Å². The lowest BCUT2D eigenvalue weighted by atomic mass is 10.0. The smallest absolute Gasteiger partial charge is 0.152 e. The lowest BCUT2D eigenvalue weighted by Crippen LogP contribution is -2.04. The van der Waals surface area contributed by atoms with Crippen LogP contribution in [-0.4, -0.2) is 12.9 Å². The Bertz CT molecular complexity index is 361. The molecule has 0 radical (unpaired) electrons. The third-order valence-corrected chi connectivity index (χ3v) is 2.87. The molecule has 0 N–H and O–H groups in total. The molecule has 0 aromatic heterocycles. The van der Waals surface area contributed by atoms with Crippen LogP contribution in [0.1, 0.15) is 30.4 Å². The van der Waals surface area contributed by atoms with Crippen LogP contribution in [0.5, 0.6) is 5.75 Å². The number of alkyl halides is 1. The van der Waals surface area contributed by atoms with Crippen molar-refractivity contribution in [2.75, 3.05) is 7.11 Å². The van der Waals surface area contributed by atoms with Crippen molar-refractivity contribution in [3.63, 3.8) is 0 Å². The molecule has 1 atom stereocenters. The molecule has 0 aliphatic heterocycles. The monoisotopic (exact) mass is 226 g/mol. The highest BCUT2D eigenvalue weighted by molar-refractivity contribution is 6.31. The fourth-order valence-electron chi connectivity index (χ4n) is 1.42. The number of carbonyl (C=O) groups is 1. The van der Waals surface area contributed by atoms with Gasteiger partial charge < -0.3 is 4.74 Å². The van der Waals surface area contributed by atoms with Crippen molar-refractivity contribution < 1.29 is 9.53 Å². The molecule has 0 fully saturated rings. The minimum Gasteiger partial charge on any atom is -0.496 e. The van der Waals surface area contributed by atoms with Crippen molar-refractivity contribution in [3.05, 3.63) is 29.3 Å².